The Morgan fingerprint density at radius 3 is 2.70 bits per heavy atom. The zero-order valence-electron chi connectivity index (χ0n) is 17.9. The Morgan fingerprint density at radius 2 is 2.00 bits per heavy atom. The normalized spacial score (nSPS) is 17.4. The summed E-state index contributed by atoms with van der Waals surface area (Å²) in [4.78, 5) is 26.7. The highest BCUT2D eigenvalue weighted by atomic mass is 16.5. The lowest BCUT2D eigenvalue weighted by Gasteiger charge is -2.36. The van der Waals surface area contributed by atoms with Gasteiger partial charge in [0.2, 0.25) is 0 Å². The molecule has 0 saturated heterocycles. The average Bonchev–Trinajstić information content (AvgIpc) is 3.16. The third-order valence-electron chi connectivity index (χ3n) is 5.64. The second kappa shape index (κ2) is 7.97. The summed E-state index contributed by atoms with van der Waals surface area (Å²) < 4.78 is 5.38. The summed E-state index contributed by atoms with van der Waals surface area (Å²) in [6, 6.07) is 3.64. The maximum absolute atomic E-state index is 13.2. The predicted molar refractivity (Wildman–Crippen MR) is 113 cm³/mol. The van der Waals surface area contributed by atoms with Crippen LogP contribution in [0.3, 0.4) is 0 Å². The monoisotopic (exact) mass is 405 g/mol. The summed E-state index contributed by atoms with van der Waals surface area (Å²) in [7, 11) is 0. The highest BCUT2D eigenvalue weighted by Gasteiger charge is 2.35. The topological polar surface area (TPSA) is 93.8 Å². The summed E-state index contributed by atoms with van der Waals surface area (Å²) >= 11 is 0. The molecule has 0 aromatic carbocycles. The van der Waals surface area contributed by atoms with Crippen molar-refractivity contribution in [2.45, 2.75) is 59.4 Å². The van der Waals surface area contributed by atoms with Crippen LogP contribution in [0, 0.1) is 5.41 Å². The number of amides is 1. The number of fused-ring (bicyclic) bond motifs is 1. The van der Waals surface area contributed by atoms with E-state index in [1.54, 1.807) is 12.4 Å². The van der Waals surface area contributed by atoms with Gasteiger partial charge >= 0.3 is 0 Å². The Morgan fingerprint density at radius 1 is 1.23 bits per heavy atom. The molecule has 1 N–H and O–H groups in total. The molecule has 7 nitrogen and oxygen atoms in total. The Labute approximate surface area is 176 Å². The van der Waals surface area contributed by atoms with Gasteiger partial charge in [-0.2, -0.15) is 0 Å². The third kappa shape index (κ3) is 3.84. The molecule has 30 heavy (non-hydrogen) atoms. The molecule has 1 aliphatic carbocycles. The molecule has 1 aliphatic rings. The van der Waals surface area contributed by atoms with E-state index in [-0.39, 0.29) is 17.4 Å². The van der Waals surface area contributed by atoms with Gasteiger partial charge in [0, 0.05) is 36.1 Å². The number of pyridine rings is 1. The minimum Gasteiger partial charge on any atom is -0.360 e. The van der Waals surface area contributed by atoms with E-state index in [2.05, 4.69) is 34.3 Å². The molecule has 0 spiro atoms. The van der Waals surface area contributed by atoms with Crippen LogP contribution >= 0.6 is 0 Å². The molecule has 4 rings (SSSR count). The Kier molecular flexibility index (Phi) is 5.37. The van der Waals surface area contributed by atoms with Crippen molar-refractivity contribution < 1.29 is 9.32 Å². The average molecular weight is 406 g/mol. The van der Waals surface area contributed by atoms with Gasteiger partial charge in [-0.15, -0.1) is 0 Å². The van der Waals surface area contributed by atoms with E-state index in [1.807, 2.05) is 32.2 Å². The first-order valence-corrected chi connectivity index (χ1v) is 10.5. The van der Waals surface area contributed by atoms with E-state index in [0.717, 1.165) is 29.7 Å². The molecule has 1 atom stereocenters. The van der Waals surface area contributed by atoms with Gasteiger partial charge in [-0.1, -0.05) is 32.9 Å². The van der Waals surface area contributed by atoms with E-state index in [9.17, 15) is 4.79 Å². The molecule has 0 aliphatic heterocycles. The molecule has 0 radical (unpaired) electrons. The molecule has 3 aromatic rings. The highest BCUT2D eigenvalue weighted by Crippen LogP contribution is 2.40. The van der Waals surface area contributed by atoms with Crippen molar-refractivity contribution in [2.75, 3.05) is 0 Å². The van der Waals surface area contributed by atoms with E-state index in [1.165, 1.54) is 0 Å². The molecule has 7 heteroatoms. The standard InChI is InChI=1S/C23H27N5O2/c1-5-16-20(19(6-2)30-28-16)22(29)27-18-12-23(3,4)11-17-15(18)13-25-21(26-17)14-7-9-24-10-8-14/h7-10,13,18H,5-6,11-12H2,1-4H3,(H,27,29)/t18-/m0/s1. The summed E-state index contributed by atoms with van der Waals surface area (Å²) in [5, 5.41) is 7.28. The highest BCUT2D eigenvalue weighted by molar-refractivity contribution is 5.96. The zero-order valence-corrected chi connectivity index (χ0v) is 17.9. The molecule has 1 amide bonds. The SMILES string of the molecule is CCc1noc(CC)c1C(=O)N[C@H]1CC(C)(C)Cc2nc(-c3ccncc3)ncc21. The van der Waals surface area contributed by atoms with Gasteiger partial charge in [0.15, 0.2) is 5.82 Å². The van der Waals surface area contributed by atoms with Crippen molar-refractivity contribution in [3.8, 4) is 11.4 Å². The van der Waals surface area contributed by atoms with Crippen LogP contribution in [0.1, 0.15) is 73.2 Å². The summed E-state index contributed by atoms with van der Waals surface area (Å²) in [6.07, 6.45) is 8.26. The number of hydrogen-bond acceptors (Lipinski definition) is 6. The third-order valence-corrected chi connectivity index (χ3v) is 5.64. The quantitative estimate of drug-likeness (QED) is 0.687. The second-order valence-electron chi connectivity index (χ2n) is 8.54. The largest absolute Gasteiger partial charge is 0.360 e. The molecule has 0 fully saturated rings. The number of rotatable bonds is 5. The number of aryl methyl sites for hydroxylation is 2. The van der Waals surface area contributed by atoms with Crippen LogP contribution < -0.4 is 5.32 Å². The van der Waals surface area contributed by atoms with E-state index in [4.69, 9.17) is 9.51 Å². The second-order valence-corrected chi connectivity index (χ2v) is 8.54. The first kappa shape index (κ1) is 20.2. The fraction of sp³-hybridized carbons (Fsp3) is 0.435. The van der Waals surface area contributed by atoms with Gasteiger partial charge in [-0.3, -0.25) is 9.78 Å². The fourth-order valence-corrected chi connectivity index (χ4v) is 4.15. The van der Waals surface area contributed by atoms with Crippen molar-refractivity contribution in [3.63, 3.8) is 0 Å². The molecule has 156 valence electrons. The number of hydrogen-bond donors (Lipinski definition) is 1. The molecule has 0 saturated carbocycles. The lowest BCUT2D eigenvalue weighted by atomic mass is 9.74. The maximum atomic E-state index is 13.2. The van der Waals surface area contributed by atoms with Gasteiger partial charge in [0.25, 0.3) is 5.91 Å². The van der Waals surface area contributed by atoms with E-state index < -0.39 is 0 Å². The number of aromatic nitrogens is 4. The number of carbonyl (C=O) groups is 1. The van der Waals surface area contributed by atoms with Crippen LogP contribution in [0.4, 0.5) is 0 Å². The molecule has 0 unspecified atom stereocenters. The Bertz CT molecular complexity index is 1040. The Balaban J connectivity index is 1.67. The summed E-state index contributed by atoms with van der Waals surface area (Å²) in [5.41, 5.74) is 4.16. The van der Waals surface area contributed by atoms with Crippen LogP contribution in [0.5, 0.6) is 0 Å². The van der Waals surface area contributed by atoms with Crippen molar-refractivity contribution in [1.29, 1.82) is 0 Å². The molecule has 3 heterocycles. The molecular formula is C23H27N5O2. The lowest BCUT2D eigenvalue weighted by molar-refractivity contribution is 0.0916. The van der Waals surface area contributed by atoms with Crippen molar-refractivity contribution >= 4 is 5.91 Å². The first-order valence-electron chi connectivity index (χ1n) is 10.5. The number of carbonyl (C=O) groups excluding carboxylic acids is 1. The van der Waals surface area contributed by atoms with Crippen LogP contribution in [-0.4, -0.2) is 26.0 Å². The van der Waals surface area contributed by atoms with Crippen LogP contribution in [-0.2, 0) is 19.3 Å². The molecule has 0 bridgehead atoms. The van der Waals surface area contributed by atoms with Gasteiger partial charge in [-0.05, 0) is 36.8 Å². The van der Waals surface area contributed by atoms with Crippen molar-refractivity contribution in [2.24, 2.45) is 5.41 Å². The summed E-state index contributed by atoms with van der Waals surface area (Å²) in [6.45, 7) is 8.35. The van der Waals surface area contributed by atoms with Crippen molar-refractivity contribution in [1.82, 2.24) is 25.4 Å². The molecule has 3 aromatic heterocycles. The molecular weight excluding hydrogens is 378 g/mol. The predicted octanol–water partition coefficient (Wildman–Crippen LogP) is 4.09. The van der Waals surface area contributed by atoms with E-state index in [0.29, 0.717) is 35.7 Å². The summed E-state index contributed by atoms with van der Waals surface area (Å²) in [5.74, 6) is 1.17. The smallest absolute Gasteiger partial charge is 0.257 e. The van der Waals surface area contributed by atoms with Gasteiger partial charge in [-0.25, -0.2) is 9.97 Å². The minimum absolute atomic E-state index is 0.00460. The fourth-order valence-electron chi connectivity index (χ4n) is 4.15. The van der Waals surface area contributed by atoms with Crippen LogP contribution in [0.15, 0.2) is 35.2 Å². The minimum atomic E-state index is -0.160. The van der Waals surface area contributed by atoms with Crippen molar-refractivity contribution in [3.05, 3.63) is 59.0 Å². The van der Waals surface area contributed by atoms with Crippen LogP contribution in [0.25, 0.3) is 11.4 Å². The number of nitrogens with one attached hydrogen (secondary N) is 1. The van der Waals surface area contributed by atoms with Gasteiger partial charge in [0.05, 0.1) is 17.4 Å². The zero-order chi connectivity index (χ0) is 21.3. The van der Waals surface area contributed by atoms with Gasteiger partial charge in [0.1, 0.15) is 11.3 Å². The van der Waals surface area contributed by atoms with E-state index >= 15 is 0 Å². The van der Waals surface area contributed by atoms with Gasteiger partial charge < -0.3 is 9.84 Å². The first-order chi connectivity index (χ1) is 14.4. The van der Waals surface area contributed by atoms with Crippen LogP contribution in [0.2, 0.25) is 0 Å². The lowest BCUT2D eigenvalue weighted by Crippen LogP contribution is -2.37. The maximum Gasteiger partial charge on any atom is 0.257 e. The Hall–Kier alpha value is -3.09. The number of nitrogens with zero attached hydrogens (tertiary/aromatic N) is 4.